The Kier molecular flexibility index (Phi) is 4.64. The van der Waals surface area contributed by atoms with Gasteiger partial charge in [-0.25, -0.2) is 9.48 Å². The number of anilines is 2. The molecular formula is C20H21N5O. The van der Waals surface area contributed by atoms with Gasteiger partial charge in [0.05, 0.1) is 18.4 Å². The summed E-state index contributed by atoms with van der Waals surface area (Å²) < 4.78 is 1.75. The lowest BCUT2D eigenvalue weighted by Gasteiger charge is -2.23. The van der Waals surface area contributed by atoms with Crippen LogP contribution in [0.2, 0.25) is 0 Å². The normalized spacial score (nSPS) is 13.8. The zero-order chi connectivity index (χ0) is 17.8. The number of nitrogens with one attached hydrogen (secondary N) is 1. The lowest BCUT2D eigenvalue weighted by atomic mass is 10.1. The van der Waals surface area contributed by atoms with Crippen LogP contribution in [0.15, 0.2) is 60.9 Å². The average Bonchev–Trinajstić information content (AvgIpc) is 2.98. The highest BCUT2D eigenvalue weighted by atomic mass is 16.2. The molecule has 0 saturated heterocycles. The smallest absolute Gasteiger partial charge is 0.294 e. The fraction of sp³-hybridized carbons (Fsp3) is 0.250. The number of carbonyl (C=O) groups is 1. The molecule has 26 heavy (non-hydrogen) atoms. The van der Waals surface area contributed by atoms with Crippen LogP contribution in [0.25, 0.3) is 0 Å². The van der Waals surface area contributed by atoms with Crippen molar-refractivity contribution >= 4 is 17.5 Å². The number of urea groups is 1. The largest absolute Gasteiger partial charge is 0.327 e. The summed E-state index contributed by atoms with van der Waals surface area (Å²) in [6.07, 6.45) is 6.55. The number of para-hydroxylation sites is 1. The predicted octanol–water partition coefficient (Wildman–Crippen LogP) is 3.70. The monoisotopic (exact) mass is 347 g/mol. The topological polar surface area (TPSA) is 63.1 Å². The minimum atomic E-state index is -0.123. The van der Waals surface area contributed by atoms with Crippen LogP contribution in [0.5, 0.6) is 0 Å². The zero-order valence-corrected chi connectivity index (χ0v) is 14.5. The van der Waals surface area contributed by atoms with Gasteiger partial charge in [-0.15, -0.1) is 0 Å². The molecule has 2 amide bonds. The predicted molar refractivity (Wildman–Crippen MR) is 101 cm³/mol. The third-order valence-corrected chi connectivity index (χ3v) is 4.59. The second-order valence-electron chi connectivity index (χ2n) is 6.36. The first-order chi connectivity index (χ1) is 12.8. The SMILES string of the molecule is O=C(Nc1ccnn1Cc1ccccn1)N1CCCCc2ccccc21. The minimum absolute atomic E-state index is 0.123. The van der Waals surface area contributed by atoms with E-state index in [1.165, 1.54) is 5.56 Å². The molecule has 0 bridgehead atoms. The molecule has 1 aromatic carbocycles. The molecule has 1 N–H and O–H groups in total. The lowest BCUT2D eigenvalue weighted by Crippen LogP contribution is -2.36. The summed E-state index contributed by atoms with van der Waals surface area (Å²) in [7, 11) is 0. The summed E-state index contributed by atoms with van der Waals surface area (Å²) in [5, 5.41) is 7.32. The lowest BCUT2D eigenvalue weighted by molar-refractivity contribution is 0.256. The molecule has 132 valence electrons. The summed E-state index contributed by atoms with van der Waals surface area (Å²) in [4.78, 5) is 19.1. The van der Waals surface area contributed by atoms with Gasteiger partial charge in [0.15, 0.2) is 0 Å². The fourth-order valence-electron chi connectivity index (χ4n) is 3.29. The Labute approximate surface area is 152 Å². The van der Waals surface area contributed by atoms with Gasteiger partial charge in [-0.2, -0.15) is 5.10 Å². The van der Waals surface area contributed by atoms with Crippen LogP contribution in [-0.4, -0.2) is 27.3 Å². The first kappa shape index (κ1) is 16.3. The molecule has 0 spiro atoms. The maximum Gasteiger partial charge on any atom is 0.327 e. The van der Waals surface area contributed by atoms with E-state index >= 15 is 0 Å². The highest BCUT2D eigenvalue weighted by Gasteiger charge is 2.21. The van der Waals surface area contributed by atoms with E-state index in [9.17, 15) is 4.79 Å². The van der Waals surface area contributed by atoms with Crippen molar-refractivity contribution < 1.29 is 4.79 Å². The van der Waals surface area contributed by atoms with Gasteiger partial charge in [-0.1, -0.05) is 24.3 Å². The Morgan fingerprint density at radius 1 is 1.04 bits per heavy atom. The molecule has 4 rings (SSSR count). The van der Waals surface area contributed by atoms with Gasteiger partial charge in [-0.05, 0) is 43.0 Å². The Hall–Kier alpha value is -3.15. The molecule has 3 aromatic rings. The maximum absolute atomic E-state index is 12.9. The van der Waals surface area contributed by atoms with Gasteiger partial charge in [0.2, 0.25) is 0 Å². The van der Waals surface area contributed by atoms with Crippen LogP contribution in [-0.2, 0) is 13.0 Å². The van der Waals surface area contributed by atoms with Crippen LogP contribution in [0.1, 0.15) is 24.1 Å². The first-order valence-electron chi connectivity index (χ1n) is 8.89. The number of fused-ring (bicyclic) bond motifs is 1. The van der Waals surface area contributed by atoms with E-state index in [1.54, 1.807) is 17.1 Å². The molecule has 1 aliphatic heterocycles. The molecule has 0 fully saturated rings. The van der Waals surface area contributed by atoms with Gasteiger partial charge in [0.25, 0.3) is 0 Å². The van der Waals surface area contributed by atoms with Crippen molar-refractivity contribution in [2.24, 2.45) is 0 Å². The van der Waals surface area contributed by atoms with Crippen LogP contribution in [0, 0.1) is 0 Å². The number of carbonyl (C=O) groups excluding carboxylic acids is 1. The maximum atomic E-state index is 12.9. The minimum Gasteiger partial charge on any atom is -0.294 e. The second-order valence-corrected chi connectivity index (χ2v) is 6.36. The van der Waals surface area contributed by atoms with E-state index in [0.717, 1.165) is 37.2 Å². The highest BCUT2D eigenvalue weighted by molar-refractivity contribution is 6.01. The van der Waals surface area contributed by atoms with E-state index in [1.807, 2.05) is 47.4 Å². The fourth-order valence-corrected chi connectivity index (χ4v) is 3.29. The molecule has 3 heterocycles. The van der Waals surface area contributed by atoms with Crippen molar-refractivity contribution in [2.45, 2.75) is 25.8 Å². The Balaban J connectivity index is 1.53. The Morgan fingerprint density at radius 3 is 2.81 bits per heavy atom. The summed E-state index contributed by atoms with van der Waals surface area (Å²) in [6, 6.07) is 15.6. The van der Waals surface area contributed by atoms with Gasteiger partial charge >= 0.3 is 6.03 Å². The van der Waals surface area contributed by atoms with E-state index in [4.69, 9.17) is 0 Å². The van der Waals surface area contributed by atoms with E-state index < -0.39 is 0 Å². The number of benzene rings is 1. The Bertz CT molecular complexity index is 890. The molecule has 0 saturated carbocycles. The summed E-state index contributed by atoms with van der Waals surface area (Å²) in [5.41, 5.74) is 3.12. The van der Waals surface area contributed by atoms with Gasteiger partial charge in [-0.3, -0.25) is 15.2 Å². The zero-order valence-electron chi connectivity index (χ0n) is 14.5. The Morgan fingerprint density at radius 2 is 1.92 bits per heavy atom. The highest BCUT2D eigenvalue weighted by Crippen LogP contribution is 2.26. The third kappa shape index (κ3) is 3.44. The van der Waals surface area contributed by atoms with Crippen molar-refractivity contribution in [3.8, 4) is 0 Å². The number of amides is 2. The van der Waals surface area contributed by atoms with Crippen molar-refractivity contribution in [2.75, 3.05) is 16.8 Å². The standard InChI is InChI=1S/C20H21N5O/c26-20(24-14-6-4-8-16-7-1-2-10-18(16)24)23-19-11-13-22-25(19)15-17-9-3-5-12-21-17/h1-3,5,7,9-13H,4,6,8,14-15H2,(H,23,26). The summed E-state index contributed by atoms with van der Waals surface area (Å²) in [5.74, 6) is 0.669. The van der Waals surface area contributed by atoms with Crippen molar-refractivity contribution in [3.05, 3.63) is 72.2 Å². The average molecular weight is 347 g/mol. The molecule has 0 aliphatic carbocycles. The third-order valence-electron chi connectivity index (χ3n) is 4.59. The van der Waals surface area contributed by atoms with Crippen LogP contribution in [0.4, 0.5) is 16.3 Å². The molecular weight excluding hydrogens is 326 g/mol. The van der Waals surface area contributed by atoms with Gasteiger partial charge in [0, 0.05) is 24.5 Å². The number of nitrogens with zero attached hydrogens (tertiary/aromatic N) is 4. The van der Waals surface area contributed by atoms with Crippen LogP contribution >= 0.6 is 0 Å². The number of aromatic nitrogens is 3. The first-order valence-corrected chi connectivity index (χ1v) is 8.89. The number of hydrogen-bond donors (Lipinski definition) is 1. The number of aryl methyl sites for hydroxylation is 1. The van der Waals surface area contributed by atoms with Crippen LogP contribution in [0.3, 0.4) is 0 Å². The van der Waals surface area contributed by atoms with Gasteiger partial charge < -0.3 is 0 Å². The number of pyridine rings is 1. The van der Waals surface area contributed by atoms with E-state index in [-0.39, 0.29) is 6.03 Å². The molecule has 6 heteroatoms. The van der Waals surface area contributed by atoms with Crippen molar-refractivity contribution in [1.29, 1.82) is 0 Å². The quantitative estimate of drug-likeness (QED) is 0.786. The van der Waals surface area contributed by atoms with Crippen molar-refractivity contribution in [1.82, 2.24) is 14.8 Å². The van der Waals surface area contributed by atoms with Gasteiger partial charge in [0.1, 0.15) is 5.82 Å². The van der Waals surface area contributed by atoms with E-state index in [2.05, 4.69) is 21.5 Å². The summed E-state index contributed by atoms with van der Waals surface area (Å²) in [6.45, 7) is 1.23. The number of hydrogen-bond acceptors (Lipinski definition) is 3. The molecule has 6 nitrogen and oxygen atoms in total. The summed E-state index contributed by atoms with van der Waals surface area (Å²) >= 11 is 0. The second kappa shape index (κ2) is 7.39. The molecule has 0 radical (unpaired) electrons. The molecule has 0 unspecified atom stereocenters. The number of rotatable bonds is 3. The van der Waals surface area contributed by atoms with Crippen LogP contribution < -0.4 is 10.2 Å². The van der Waals surface area contributed by atoms with E-state index in [0.29, 0.717) is 12.4 Å². The molecule has 2 aromatic heterocycles. The van der Waals surface area contributed by atoms with Crippen molar-refractivity contribution in [3.63, 3.8) is 0 Å². The molecule has 0 atom stereocenters. The molecule has 1 aliphatic rings.